The predicted molar refractivity (Wildman–Crippen MR) is 49.9 cm³/mol. The van der Waals surface area contributed by atoms with E-state index in [0.29, 0.717) is 0 Å². The van der Waals surface area contributed by atoms with Crippen LogP contribution in [0.25, 0.3) is 5.57 Å². The number of carbonyl (C=O) groups excluding carboxylic acids is 1. The predicted octanol–water partition coefficient (Wildman–Crippen LogP) is 1.64. The summed E-state index contributed by atoms with van der Waals surface area (Å²) in [6, 6.07) is 8.14. The summed E-state index contributed by atoms with van der Waals surface area (Å²) in [6.07, 6.45) is 2.72. The Morgan fingerprint density at radius 2 is 2.15 bits per heavy atom. The van der Waals surface area contributed by atoms with E-state index in [1.54, 1.807) is 0 Å². The second-order valence-electron chi connectivity index (χ2n) is 3.52. The van der Waals surface area contributed by atoms with Gasteiger partial charge in [-0.25, -0.2) is 0 Å². The molecule has 1 N–H and O–H groups in total. The van der Waals surface area contributed by atoms with E-state index in [0.717, 1.165) is 6.42 Å². The molecule has 0 fully saturated rings. The molecule has 1 aromatic rings. The molecule has 0 saturated heterocycles. The molecule has 1 aliphatic carbocycles. The van der Waals surface area contributed by atoms with Crippen LogP contribution in [-0.2, 0) is 4.79 Å². The first-order valence-corrected chi connectivity index (χ1v) is 4.45. The Kier molecular flexibility index (Phi) is 1.18. The largest absolute Gasteiger partial charge is 0.332 e. The second kappa shape index (κ2) is 2.22. The van der Waals surface area contributed by atoms with Crippen molar-refractivity contribution in [1.82, 2.24) is 5.32 Å². The van der Waals surface area contributed by atoms with Crippen molar-refractivity contribution in [1.29, 1.82) is 0 Å². The number of fused-ring (bicyclic) bond motifs is 5. The lowest BCUT2D eigenvalue weighted by molar-refractivity contribution is -0.121. The molecule has 1 heterocycles. The van der Waals surface area contributed by atoms with Crippen molar-refractivity contribution in [3.8, 4) is 0 Å². The molecule has 0 saturated carbocycles. The zero-order chi connectivity index (χ0) is 8.84. The number of rotatable bonds is 0. The average Bonchev–Trinajstić information content (AvgIpc) is 2.48. The van der Waals surface area contributed by atoms with E-state index in [1.165, 1.54) is 16.7 Å². The summed E-state index contributed by atoms with van der Waals surface area (Å²) in [5, 5.41) is 2.79. The fourth-order valence-electron chi connectivity index (χ4n) is 2.16. The summed E-state index contributed by atoms with van der Waals surface area (Å²) in [5.41, 5.74) is 3.69. The Hall–Kier alpha value is -1.57. The first kappa shape index (κ1) is 6.89. The van der Waals surface area contributed by atoms with E-state index >= 15 is 0 Å². The Morgan fingerprint density at radius 1 is 1.31 bits per heavy atom. The molecule has 3 rings (SSSR count). The quantitative estimate of drug-likeness (QED) is 0.631. The molecule has 2 nitrogen and oxygen atoms in total. The van der Waals surface area contributed by atoms with Crippen LogP contribution in [-0.4, -0.2) is 5.91 Å². The van der Waals surface area contributed by atoms with Crippen molar-refractivity contribution < 1.29 is 4.79 Å². The van der Waals surface area contributed by atoms with Crippen LogP contribution in [0.2, 0.25) is 0 Å². The van der Waals surface area contributed by atoms with Gasteiger partial charge in [-0.05, 0) is 23.1 Å². The molecule has 2 aliphatic rings. The highest BCUT2D eigenvalue weighted by molar-refractivity contribution is 5.96. The maximum Gasteiger partial charge on any atom is 0.231 e. The lowest BCUT2D eigenvalue weighted by atomic mass is 10.0. The topological polar surface area (TPSA) is 29.1 Å². The van der Waals surface area contributed by atoms with Gasteiger partial charge in [0.25, 0.3) is 0 Å². The van der Waals surface area contributed by atoms with Crippen molar-refractivity contribution in [2.45, 2.75) is 12.3 Å². The number of amides is 1. The fraction of sp³-hybridized carbons (Fsp3) is 0.182. The molecule has 2 heteroatoms. The maximum absolute atomic E-state index is 11.5. The van der Waals surface area contributed by atoms with E-state index in [4.69, 9.17) is 0 Å². The number of hydrogen-bond donors (Lipinski definition) is 1. The highest BCUT2D eigenvalue weighted by Gasteiger charge is 2.33. The molecule has 0 spiro atoms. The highest BCUT2D eigenvalue weighted by atomic mass is 16.1. The number of benzene rings is 1. The van der Waals surface area contributed by atoms with Gasteiger partial charge < -0.3 is 5.32 Å². The summed E-state index contributed by atoms with van der Waals surface area (Å²) < 4.78 is 0. The van der Waals surface area contributed by atoms with Crippen molar-refractivity contribution in [3.63, 3.8) is 0 Å². The molecule has 1 amide bonds. The van der Waals surface area contributed by atoms with Gasteiger partial charge in [-0.3, -0.25) is 4.79 Å². The molecule has 2 bridgehead atoms. The number of carbonyl (C=O) groups is 1. The molecule has 0 unspecified atom stereocenters. The van der Waals surface area contributed by atoms with Crippen LogP contribution in [0.15, 0.2) is 30.5 Å². The van der Waals surface area contributed by atoms with Crippen molar-refractivity contribution in [2.75, 3.05) is 0 Å². The molecule has 1 atom stereocenters. The zero-order valence-corrected chi connectivity index (χ0v) is 7.08. The monoisotopic (exact) mass is 171 g/mol. The third kappa shape index (κ3) is 0.800. The number of allylic oxidation sites excluding steroid dienone is 1. The fourth-order valence-corrected chi connectivity index (χ4v) is 2.16. The van der Waals surface area contributed by atoms with Crippen LogP contribution in [0.5, 0.6) is 0 Å². The summed E-state index contributed by atoms with van der Waals surface area (Å²) in [5.74, 6) is 0.199. The van der Waals surface area contributed by atoms with E-state index in [-0.39, 0.29) is 11.8 Å². The molecule has 1 aliphatic heterocycles. The summed E-state index contributed by atoms with van der Waals surface area (Å²) in [7, 11) is 0. The maximum atomic E-state index is 11.5. The minimum Gasteiger partial charge on any atom is -0.332 e. The van der Waals surface area contributed by atoms with Crippen LogP contribution < -0.4 is 5.32 Å². The molecule has 64 valence electrons. The molecule has 0 radical (unpaired) electrons. The smallest absolute Gasteiger partial charge is 0.231 e. The van der Waals surface area contributed by atoms with Crippen LogP contribution in [0.4, 0.5) is 0 Å². The minimum atomic E-state index is 0.0659. The standard InChI is InChI=1S/C11H9NO/c13-11-10-5-7(6-12-11)8-3-1-2-4-9(8)10/h1-4,6,10H,5H2,(H,12,13)/t10-/m0/s1. The first-order chi connectivity index (χ1) is 6.36. The van der Waals surface area contributed by atoms with Crippen molar-refractivity contribution in [2.24, 2.45) is 0 Å². The van der Waals surface area contributed by atoms with Crippen molar-refractivity contribution >= 4 is 11.5 Å². The van der Waals surface area contributed by atoms with Gasteiger partial charge in [-0.2, -0.15) is 0 Å². The first-order valence-electron chi connectivity index (χ1n) is 4.45. The molecule has 1 aromatic carbocycles. The second-order valence-corrected chi connectivity index (χ2v) is 3.52. The Labute approximate surface area is 76.3 Å². The van der Waals surface area contributed by atoms with Gasteiger partial charge in [0, 0.05) is 6.20 Å². The van der Waals surface area contributed by atoms with Gasteiger partial charge in [0.2, 0.25) is 5.91 Å². The third-order valence-corrected chi connectivity index (χ3v) is 2.81. The zero-order valence-electron chi connectivity index (χ0n) is 7.08. The Bertz CT molecular complexity index is 420. The third-order valence-electron chi connectivity index (χ3n) is 2.81. The van der Waals surface area contributed by atoms with E-state index < -0.39 is 0 Å². The van der Waals surface area contributed by atoms with Crippen LogP contribution in [0.3, 0.4) is 0 Å². The summed E-state index contributed by atoms with van der Waals surface area (Å²) in [6.45, 7) is 0. The normalized spacial score (nSPS) is 23.5. The van der Waals surface area contributed by atoms with Crippen LogP contribution in [0, 0.1) is 0 Å². The van der Waals surface area contributed by atoms with Crippen molar-refractivity contribution in [3.05, 3.63) is 41.6 Å². The molecular weight excluding hydrogens is 162 g/mol. The van der Waals surface area contributed by atoms with Crippen LogP contribution in [0.1, 0.15) is 23.5 Å². The Balaban J connectivity index is 2.28. The lowest BCUT2D eigenvalue weighted by Crippen LogP contribution is -2.25. The number of nitrogens with one attached hydrogen (secondary N) is 1. The molecule has 13 heavy (non-hydrogen) atoms. The minimum absolute atomic E-state index is 0.0659. The van der Waals surface area contributed by atoms with Gasteiger partial charge in [-0.1, -0.05) is 24.3 Å². The number of hydrogen-bond acceptors (Lipinski definition) is 1. The lowest BCUT2D eigenvalue weighted by Gasteiger charge is -2.12. The van der Waals surface area contributed by atoms with E-state index in [2.05, 4.69) is 11.4 Å². The van der Waals surface area contributed by atoms with Gasteiger partial charge in [0.1, 0.15) is 0 Å². The summed E-state index contributed by atoms with van der Waals surface area (Å²) in [4.78, 5) is 11.5. The highest BCUT2D eigenvalue weighted by Crippen LogP contribution is 2.42. The van der Waals surface area contributed by atoms with Gasteiger partial charge in [-0.15, -0.1) is 0 Å². The van der Waals surface area contributed by atoms with Crippen LogP contribution >= 0.6 is 0 Å². The van der Waals surface area contributed by atoms with Gasteiger partial charge in [0.05, 0.1) is 5.92 Å². The molecule has 0 aromatic heterocycles. The average molecular weight is 171 g/mol. The molecular formula is C11H9NO. The summed E-state index contributed by atoms with van der Waals surface area (Å²) >= 11 is 0. The van der Waals surface area contributed by atoms with Gasteiger partial charge in [0.15, 0.2) is 0 Å². The van der Waals surface area contributed by atoms with E-state index in [9.17, 15) is 4.79 Å². The van der Waals surface area contributed by atoms with Gasteiger partial charge >= 0.3 is 0 Å². The van der Waals surface area contributed by atoms with E-state index in [1.807, 2.05) is 24.4 Å². The SMILES string of the molecule is O=C1NC=C2C[C@H]1c1ccccc12. The Morgan fingerprint density at radius 3 is 3.08 bits per heavy atom.